The van der Waals surface area contributed by atoms with E-state index in [9.17, 15) is 8.78 Å². The predicted octanol–water partition coefficient (Wildman–Crippen LogP) is 5.23. The van der Waals surface area contributed by atoms with E-state index in [4.69, 9.17) is 9.47 Å². The van der Waals surface area contributed by atoms with E-state index in [1.54, 1.807) is 12.1 Å². The molecule has 112 valence electrons. The van der Waals surface area contributed by atoms with Crippen LogP contribution in [0.2, 0.25) is 0 Å². The Balaban J connectivity index is 2.50. The first-order chi connectivity index (χ1) is 9.97. The Hall–Kier alpha value is -1.14. The second kappa shape index (κ2) is 6.75. The van der Waals surface area contributed by atoms with Crippen LogP contribution < -0.4 is 9.47 Å². The van der Waals surface area contributed by atoms with Gasteiger partial charge in [0.1, 0.15) is 11.6 Å². The van der Waals surface area contributed by atoms with Crippen molar-refractivity contribution in [1.29, 1.82) is 0 Å². The molecule has 21 heavy (non-hydrogen) atoms. The largest absolute Gasteiger partial charge is 0.493 e. The fraction of sp³-hybridized carbons (Fsp3) is 0.200. The van der Waals surface area contributed by atoms with Crippen molar-refractivity contribution >= 4 is 31.9 Å². The van der Waals surface area contributed by atoms with Crippen molar-refractivity contribution in [2.45, 2.75) is 4.83 Å². The third-order valence-electron chi connectivity index (χ3n) is 3.01. The zero-order valence-electron chi connectivity index (χ0n) is 11.3. The number of benzene rings is 2. The minimum atomic E-state index is -0.634. The molecule has 0 radical (unpaired) electrons. The minimum absolute atomic E-state index is 0.272. The molecule has 1 atom stereocenters. The van der Waals surface area contributed by atoms with Gasteiger partial charge in [-0.15, -0.1) is 0 Å². The summed E-state index contributed by atoms with van der Waals surface area (Å²) in [7, 11) is 2.89. The second-order valence-corrected chi connectivity index (χ2v) is 6.09. The zero-order chi connectivity index (χ0) is 15.6. The molecule has 0 bridgehead atoms. The molecule has 0 heterocycles. The first kappa shape index (κ1) is 16.2. The maximum Gasteiger partial charge on any atom is 0.163 e. The van der Waals surface area contributed by atoms with Gasteiger partial charge in [0.2, 0.25) is 0 Å². The van der Waals surface area contributed by atoms with E-state index >= 15 is 0 Å². The summed E-state index contributed by atoms with van der Waals surface area (Å²) in [5.74, 6) is -0.261. The standard InChI is InChI=1S/C15H12Br2F2O2/c1-20-13-6-10(12(19)7-14(13)21-2)15(17)9-4-3-8(16)5-11(9)18/h3-7,15H,1-2H3. The summed E-state index contributed by atoms with van der Waals surface area (Å²) < 4.78 is 39.0. The van der Waals surface area contributed by atoms with E-state index in [-0.39, 0.29) is 11.3 Å². The van der Waals surface area contributed by atoms with Gasteiger partial charge >= 0.3 is 0 Å². The van der Waals surface area contributed by atoms with E-state index in [0.717, 1.165) is 0 Å². The van der Waals surface area contributed by atoms with Crippen LogP contribution in [-0.4, -0.2) is 14.2 Å². The molecule has 0 saturated heterocycles. The lowest BCUT2D eigenvalue weighted by molar-refractivity contribution is 0.351. The molecule has 0 saturated carbocycles. The Kier molecular flexibility index (Phi) is 5.22. The molecule has 6 heteroatoms. The van der Waals surface area contributed by atoms with Crippen molar-refractivity contribution in [1.82, 2.24) is 0 Å². The van der Waals surface area contributed by atoms with Gasteiger partial charge in [0.25, 0.3) is 0 Å². The molecule has 2 rings (SSSR count). The first-order valence-corrected chi connectivity index (χ1v) is 7.69. The number of alkyl halides is 1. The Morgan fingerprint density at radius 1 is 0.905 bits per heavy atom. The highest BCUT2D eigenvalue weighted by Gasteiger charge is 2.21. The van der Waals surface area contributed by atoms with Crippen molar-refractivity contribution in [2.75, 3.05) is 14.2 Å². The van der Waals surface area contributed by atoms with Crippen molar-refractivity contribution in [3.63, 3.8) is 0 Å². The van der Waals surface area contributed by atoms with E-state index in [0.29, 0.717) is 15.8 Å². The van der Waals surface area contributed by atoms with Crippen molar-refractivity contribution in [3.05, 3.63) is 57.6 Å². The molecular weight excluding hydrogens is 410 g/mol. The molecule has 2 aromatic carbocycles. The minimum Gasteiger partial charge on any atom is -0.493 e. The first-order valence-electron chi connectivity index (χ1n) is 5.98. The lowest BCUT2D eigenvalue weighted by Gasteiger charge is -2.16. The van der Waals surface area contributed by atoms with Crippen LogP contribution in [0.5, 0.6) is 11.5 Å². The number of hydrogen-bond donors (Lipinski definition) is 0. The lowest BCUT2D eigenvalue weighted by Crippen LogP contribution is -2.02. The van der Waals surface area contributed by atoms with Gasteiger partial charge in [-0.2, -0.15) is 0 Å². The summed E-state index contributed by atoms with van der Waals surface area (Å²) in [4.78, 5) is -0.634. The number of rotatable bonds is 4. The van der Waals surface area contributed by atoms with Crippen molar-refractivity contribution < 1.29 is 18.3 Å². The van der Waals surface area contributed by atoms with Gasteiger partial charge in [0.05, 0.1) is 19.0 Å². The molecule has 0 fully saturated rings. The summed E-state index contributed by atoms with van der Waals surface area (Å²) in [6.45, 7) is 0. The average molecular weight is 422 g/mol. The summed E-state index contributed by atoms with van der Waals surface area (Å²) in [5.41, 5.74) is 0.609. The Morgan fingerprint density at radius 2 is 1.48 bits per heavy atom. The van der Waals surface area contributed by atoms with E-state index < -0.39 is 16.5 Å². The van der Waals surface area contributed by atoms with Gasteiger partial charge in [0.15, 0.2) is 11.5 Å². The summed E-state index contributed by atoms with van der Waals surface area (Å²) in [6.07, 6.45) is 0. The maximum absolute atomic E-state index is 14.2. The van der Waals surface area contributed by atoms with Crippen LogP contribution in [0.25, 0.3) is 0 Å². The third kappa shape index (κ3) is 3.37. The van der Waals surface area contributed by atoms with Crippen LogP contribution in [-0.2, 0) is 0 Å². The van der Waals surface area contributed by atoms with Crippen molar-refractivity contribution in [2.24, 2.45) is 0 Å². The molecule has 2 aromatic rings. The van der Waals surface area contributed by atoms with E-state index in [1.807, 2.05) is 0 Å². The van der Waals surface area contributed by atoms with Crippen LogP contribution in [0, 0.1) is 11.6 Å². The number of ether oxygens (including phenoxy) is 2. The monoisotopic (exact) mass is 420 g/mol. The van der Waals surface area contributed by atoms with Gasteiger partial charge in [0, 0.05) is 21.7 Å². The smallest absolute Gasteiger partial charge is 0.163 e. The van der Waals surface area contributed by atoms with Crippen LogP contribution >= 0.6 is 31.9 Å². The Labute approximate surface area is 138 Å². The fourth-order valence-corrected chi connectivity index (χ4v) is 2.99. The predicted molar refractivity (Wildman–Crippen MR) is 84.4 cm³/mol. The quantitative estimate of drug-likeness (QED) is 0.629. The highest BCUT2D eigenvalue weighted by Crippen LogP contribution is 2.39. The summed E-state index contributed by atoms with van der Waals surface area (Å²) >= 11 is 6.53. The number of halogens is 4. The topological polar surface area (TPSA) is 18.5 Å². The molecule has 0 N–H and O–H groups in total. The number of hydrogen-bond acceptors (Lipinski definition) is 2. The van der Waals surface area contributed by atoms with Gasteiger partial charge in [-0.1, -0.05) is 37.9 Å². The van der Waals surface area contributed by atoms with Crippen LogP contribution in [0.4, 0.5) is 8.78 Å². The normalized spacial score (nSPS) is 12.1. The van der Waals surface area contributed by atoms with Gasteiger partial charge in [-0.25, -0.2) is 8.78 Å². The number of methoxy groups -OCH3 is 2. The second-order valence-electron chi connectivity index (χ2n) is 4.26. The highest BCUT2D eigenvalue weighted by molar-refractivity contribution is 9.10. The highest BCUT2D eigenvalue weighted by atomic mass is 79.9. The van der Waals surface area contributed by atoms with Gasteiger partial charge in [-0.05, 0) is 18.2 Å². The molecule has 1 unspecified atom stereocenters. The molecule has 0 amide bonds. The van der Waals surface area contributed by atoms with E-state index in [2.05, 4.69) is 31.9 Å². The Morgan fingerprint density at radius 3 is 2.05 bits per heavy atom. The lowest BCUT2D eigenvalue weighted by atomic mass is 10.0. The molecular formula is C15H12Br2F2O2. The van der Waals surface area contributed by atoms with Crippen molar-refractivity contribution in [3.8, 4) is 11.5 Å². The van der Waals surface area contributed by atoms with Gasteiger partial charge < -0.3 is 9.47 Å². The molecule has 2 nitrogen and oxygen atoms in total. The fourth-order valence-electron chi connectivity index (χ4n) is 1.94. The van der Waals surface area contributed by atoms with Crippen LogP contribution in [0.3, 0.4) is 0 Å². The average Bonchev–Trinajstić information content (AvgIpc) is 2.46. The molecule has 0 spiro atoms. The van der Waals surface area contributed by atoms with Gasteiger partial charge in [-0.3, -0.25) is 0 Å². The van der Waals surface area contributed by atoms with Crippen LogP contribution in [0.1, 0.15) is 16.0 Å². The molecule has 0 aliphatic carbocycles. The maximum atomic E-state index is 14.2. The molecule has 0 aromatic heterocycles. The summed E-state index contributed by atoms with van der Waals surface area (Å²) in [5, 5.41) is 0. The molecule has 0 aliphatic rings. The SMILES string of the molecule is COc1cc(F)c(C(Br)c2ccc(Br)cc2F)cc1OC. The molecule has 0 aliphatic heterocycles. The van der Waals surface area contributed by atoms with Crippen LogP contribution in [0.15, 0.2) is 34.8 Å². The zero-order valence-corrected chi connectivity index (χ0v) is 14.5. The third-order valence-corrected chi connectivity index (χ3v) is 4.49. The summed E-state index contributed by atoms with van der Waals surface area (Å²) in [6, 6.07) is 7.34. The Bertz CT molecular complexity index is 662. The van der Waals surface area contributed by atoms with E-state index in [1.165, 1.54) is 32.4 Å².